The van der Waals surface area contributed by atoms with Gasteiger partial charge in [-0.15, -0.1) is 0 Å². The van der Waals surface area contributed by atoms with Crippen molar-refractivity contribution in [3.8, 4) is 0 Å². The molecule has 1 amide bonds. The fourth-order valence-corrected chi connectivity index (χ4v) is 3.02. The standard InChI is InChI=1S/C16H30N2O2/c1-16(2,3)20-15(19)18-14-11-6-4-5-10-13(14)17-12-8-7-9-12/h12-14,17H,4-11H2,1-3H3,(H,18,19). The van der Waals surface area contributed by atoms with Gasteiger partial charge in [0, 0.05) is 18.1 Å². The molecule has 116 valence electrons. The Hall–Kier alpha value is -0.770. The van der Waals surface area contributed by atoms with Crippen LogP contribution in [-0.4, -0.2) is 29.8 Å². The van der Waals surface area contributed by atoms with Gasteiger partial charge in [-0.25, -0.2) is 4.79 Å². The largest absolute Gasteiger partial charge is 0.444 e. The Labute approximate surface area is 123 Å². The first kappa shape index (κ1) is 15.6. The van der Waals surface area contributed by atoms with E-state index in [0.29, 0.717) is 12.1 Å². The lowest BCUT2D eigenvalue weighted by Gasteiger charge is -2.35. The molecule has 0 aromatic carbocycles. The zero-order chi connectivity index (χ0) is 14.6. The fraction of sp³-hybridized carbons (Fsp3) is 0.938. The number of alkyl carbamates (subject to hydrolysis) is 1. The Balaban J connectivity index is 1.88. The van der Waals surface area contributed by atoms with Crippen molar-refractivity contribution in [2.24, 2.45) is 0 Å². The Bertz CT molecular complexity index is 321. The number of amides is 1. The molecule has 0 aromatic rings. The van der Waals surface area contributed by atoms with Crippen molar-refractivity contribution in [1.82, 2.24) is 10.6 Å². The number of rotatable bonds is 3. The van der Waals surface area contributed by atoms with Crippen molar-refractivity contribution in [3.05, 3.63) is 0 Å². The van der Waals surface area contributed by atoms with Crippen molar-refractivity contribution < 1.29 is 9.53 Å². The van der Waals surface area contributed by atoms with Gasteiger partial charge >= 0.3 is 6.09 Å². The van der Waals surface area contributed by atoms with Crippen LogP contribution in [0.4, 0.5) is 4.79 Å². The van der Waals surface area contributed by atoms with E-state index in [9.17, 15) is 4.79 Å². The van der Waals surface area contributed by atoms with Crippen molar-refractivity contribution in [1.29, 1.82) is 0 Å². The zero-order valence-corrected chi connectivity index (χ0v) is 13.2. The molecular formula is C16H30N2O2. The van der Waals surface area contributed by atoms with E-state index in [1.165, 1.54) is 38.5 Å². The summed E-state index contributed by atoms with van der Waals surface area (Å²) in [6, 6.07) is 1.30. The summed E-state index contributed by atoms with van der Waals surface area (Å²) in [6.45, 7) is 5.72. The molecule has 0 bridgehead atoms. The fourth-order valence-electron chi connectivity index (χ4n) is 3.02. The number of hydrogen-bond acceptors (Lipinski definition) is 3. The lowest BCUT2D eigenvalue weighted by atomic mass is 9.90. The minimum atomic E-state index is -0.425. The van der Waals surface area contributed by atoms with Gasteiger partial charge in [-0.3, -0.25) is 0 Å². The molecule has 2 aliphatic rings. The molecule has 0 aromatic heterocycles. The highest BCUT2D eigenvalue weighted by Crippen LogP contribution is 2.24. The Morgan fingerprint density at radius 3 is 2.15 bits per heavy atom. The lowest BCUT2D eigenvalue weighted by Crippen LogP contribution is -2.54. The van der Waals surface area contributed by atoms with Gasteiger partial charge < -0.3 is 15.4 Å². The molecule has 0 spiro atoms. The summed E-state index contributed by atoms with van der Waals surface area (Å²) in [5, 5.41) is 6.84. The van der Waals surface area contributed by atoms with Crippen molar-refractivity contribution >= 4 is 6.09 Å². The van der Waals surface area contributed by atoms with Crippen molar-refractivity contribution in [2.45, 2.75) is 95.9 Å². The summed E-state index contributed by atoms with van der Waals surface area (Å²) in [5.41, 5.74) is -0.425. The van der Waals surface area contributed by atoms with Crippen LogP contribution in [0.15, 0.2) is 0 Å². The first-order valence-electron chi connectivity index (χ1n) is 8.19. The van der Waals surface area contributed by atoms with E-state index < -0.39 is 5.60 Å². The Kier molecular flexibility index (Phi) is 5.30. The molecule has 2 fully saturated rings. The number of carbonyl (C=O) groups excluding carboxylic acids is 1. The van der Waals surface area contributed by atoms with Crippen LogP contribution in [-0.2, 0) is 4.74 Å². The maximum Gasteiger partial charge on any atom is 0.407 e. The maximum absolute atomic E-state index is 12.0. The number of ether oxygens (including phenoxy) is 1. The predicted molar refractivity (Wildman–Crippen MR) is 80.8 cm³/mol. The van der Waals surface area contributed by atoms with Crippen LogP contribution in [0.5, 0.6) is 0 Å². The van der Waals surface area contributed by atoms with Crippen LogP contribution in [0.2, 0.25) is 0 Å². The van der Waals surface area contributed by atoms with Gasteiger partial charge in [0.25, 0.3) is 0 Å². The van der Waals surface area contributed by atoms with Crippen molar-refractivity contribution in [2.75, 3.05) is 0 Å². The van der Waals surface area contributed by atoms with Crippen LogP contribution in [0.25, 0.3) is 0 Å². The highest BCUT2D eigenvalue weighted by Gasteiger charge is 2.30. The van der Waals surface area contributed by atoms with Gasteiger partial charge in [0.15, 0.2) is 0 Å². The summed E-state index contributed by atoms with van der Waals surface area (Å²) in [5.74, 6) is 0. The second-order valence-electron chi connectivity index (χ2n) is 7.29. The minimum Gasteiger partial charge on any atom is -0.444 e. The minimum absolute atomic E-state index is 0.216. The van der Waals surface area contributed by atoms with E-state index in [2.05, 4.69) is 10.6 Å². The molecule has 0 aliphatic heterocycles. The van der Waals surface area contributed by atoms with E-state index in [1.807, 2.05) is 20.8 Å². The first-order valence-corrected chi connectivity index (χ1v) is 8.19. The molecule has 2 saturated carbocycles. The van der Waals surface area contributed by atoms with Gasteiger partial charge in [-0.2, -0.15) is 0 Å². The predicted octanol–water partition coefficient (Wildman–Crippen LogP) is 3.35. The van der Waals surface area contributed by atoms with E-state index in [0.717, 1.165) is 12.8 Å². The number of carbonyl (C=O) groups is 1. The molecule has 2 rings (SSSR count). The van der Waals surface area contributed by atoms with Crippen LogP contribution in [0.3, 0.4) is 0 Å². The first-order chi connectivity index (χ1) is 9.44. The maximum atomic E-state index is 12.0. The third-order valence-electron chi connectivity index (χ3n) is 4.27. The van der Waals surface area contributed by atoms with Gasteiger partial charge in [0.05, 0.1) is 0 Å². The highest BCUT2D eigenvalue weighted by atomic mass is 16.6. The average molecular weight is 282 g/mol. The summed E-state index contributed by atoms with van der Waals surface area (Å²) >= 11 is 0. The topological polar surface area (TPSA) is 50.4 Å². The molecule has 20 heavy (non-hydrogen) atoms. The SMILES string of the molecule is CC(C)(C)OC(=O)NC1CCCCCC1NC1CCC1. The van der Waals surface area contributed by atoms with Crippen LogP contribution >= 0.6 is 0 Å². The molecule has 2 N–H and O–H groups in total. The molecule has 0 heterocycles. The summed E-state index contributed by atoms with van der Waals surface area (Å²) in [4.78, 5) is 12.0. The summed E-state index contributed by atoms with van der Waals surface area (Å²) in [6.07, 6.45) is 9.60. The van der Waals surface area contributed by atoms with E-state index >= 15 is 0 Å². The molecule has 4 heteroatoms. The second-order valence-corrected chi connectivity index (χ2v) is 7.29. The van der Waals surface area contributed by atoms with Gasteiger partial charge in [-0.1, -0.05) is 25.7 Å². The molecule has 2 unspecified atom stereocenters. The normalized spacial score (nSPS) is 28.4. The van der Waals surface area contributed by atoms with E-state index in [-0.39, 0.29) is 12.1 Å². The van der Waals surface area contributed by atoms with E-state index in [4.69, 9.17) is 4.74 Å². The van der Waals surface area contributed by atoms with Gasteiger partial charge in [0.1, 0.15) is 5.60 Å². The monoisotopic (exact) mass is 282 g/mol. The molecule has 4 nitrogen and oxygen atoms in total. The number of hydrogen-bond donors (Lipinski definition) is 2. The summed E-state index contributed by atoms with van der Waals surface area (Å²) < 4.78 is 5.40. The van der Waals surface area contributed by atoms with Crippen LogP contribution in [0, 0.1) is 0 Å². The third-order valence-corrected chi connectivity index (χ3v) is 4.27. The van der Waals surface area contributed by atoms with Gasteiger partial charge in [0.2, 0.25) is 0 Å². The zero-order valence-electron chi connectivity index (χ0n) is 13.2. The van der Waals surface area contributed by atoms with Crippen LogP contribution in [0.1, 0.15) is 72.1 Å². The van der Waals surface area contributed by atoms with Crippen LogP contribution < -0.4 is 10.6 Å². The third kappa shape index (κ3) is 4.97. The quantitative estimate of drug-likeness (QED) is 0.780. The lowest BCUT2D eigenvalue weighted by molar-refractivity contribution is 0.0486. The molecule has 0 radical (unpaired) electrons. The van der Waals surface area contributed by atoms with E-state index in [1.54, 1.807) is 0 Å². The Morgan fingerprint density at radius 2 is 1.60 bits per heavy atom. The number of nitrogens with one attached hydrogen (secondary N) is 2. The second kappa shape index (κ2) is 6.79. The molecule has 2 atom stereocenters. The molecule has 0 saturated heterocycles. The summed E-state index contributed by atoms with van der Waals surface area (Å²) in [7, 11) is 0. The molecular weight excluding hydrogens is 252 g/mol. The van der Waals surface area contributed by atoms with Crippen molar-refractivity contribution in [3.63, 3.8) is 0 Å². The average Bonchev–Trinajstić information content (AvgIpc) is 2.46. The Morgan fingerprint density at radius 1 is 0.950 bits per heavy atom. The smallest absolute Gasteiger partial charge is 0.407 e. The van der Waals surface area contributed by atoms with Gasteiger partial charge in [-0.05, 0) is 46.5 Å². The molecule has 2 aliphatic carbocycles. The highest BCUT2D eigenvalue weighted by molar-refractivity contribution is 5.68.